The molecule has 0 aliphatic rings. The summed E-state index contributed by atoms with van der Waals surface area (Å²) >= 11 is 7.33. The van der Waals surface area contributed by atoms with E-state index in [0.29, 0.717) is 16.7 Å². The third-order valence-electron chi connectivity index (χ3n) is 4.84. The highest BCUT2D eigenvalue weighted by molar-refractivity contribution is 7.17. The van der Waals surface area contributed by atoms with E-state index in [2.05, 4.69) is 10.4 Å². The Kier molecular flexibility index (Phi) is 6.43. The second kappa shape index (κ2) is 9.43. The number of amidine groups is 1. The lowest BCUT2D eigenvalue weighted by atomic mass is 10.1. The fourth-order valence-electron chi connectivity index (χ4n) is 3.13. The summed E-state index contributed by atoms with van der Waals surface area (Å²) in [6, 6.07) is 13.2. The van der Waals surface area contributed by atoms with Gasteiger partial charge in [0.1, 0.15) is 18.3 Å². The van der Waals surface area contributed by atoms with Gasteiger partial charge in [-0.2, -0.15) is 5.10 Å². The minimum atomic E-state index is -0.664. The van der Waals surface area contributed by atoms with E-state index in [1.54, 1.807) is 23.6 Å². The van der Waals surface area contributed by atoms with Gasteiger partial charge in [-0.05, 0) is 30.3 Å². The van der Waals surface area contributed by atoms with E-state index in [9.17, 15) is 13.6 Å². The van der Waals surface area contributed by atoms with Crippen LogP contribution in [0.2, 0.25) is 5.02 Å². The summed E-state index contributed by atoms with van der Waals surface area (Å²) in [6.07, 6.45) is 0. The van der Waals surface area contributed by atoms with E-state index in [1.807, 2.05) is 0 Å². The number of hydrogen-bond acceptors (Lipinski definition) is 5. The van der Waals surface area contributed by atoms with E-state index in [1.165, 1.54) is 35.6 Å². The molecule has 0 radical (unpaired) electrons. The van der Waals surface area contributed by atoms with Crippen molar-refractivity contribution in [2.24, 2.45) is 16.7 Å². The fraction of sp³-hybridized carbons (Fsp3) is 0.0435. The zero-order valence-electron chi connectivity index (χ0n) is 16.9. The third-order valence-corrected chi connectivity index (χ3v) is 6.14. The molecular formula is C23H17ClF2N4O2S. The van der Waals surface area contributed by atoms with Gasteiger partial charge in [0.25, 0.3) is 5.91 Å². The predicted octanol–water partition coefficient (Wildman–Crippen LogP) is 5.24. The van der Waals surface area contributed by atoms with Crippen LogP contribution in [0.5, 0.6) is 5.75 Å². The Morgan fingerprint density at radius 3 is 2.67 bits per heavy atom. The average Bonchev–Trinajstić information content (AvgIpc) is 3.22. The van der Waals surface area contributed by atoms with Crippen molar-refractivity contribution in [3.05, 3.63) is 93.3 Å². The summed E-state index contributed by atoms with van der Waals surface area (Å²) in [5.74, 6) is 3.85. The van der Waals surface area contributed by atoms with Gasteiger partial charge in [0.2, 0.25) is 0 Å². The van der Waals surface area contributed by atoms with Crippen LogP contribution >= 0.6 is 22.9 Å². The number of carbonyl (C=O) groups is 1. The molecule has 5 N–H and O–H groups in total. The van der Waals surface area contributed by atoms with Crippen molar-refractivity contribution < 1.29 is 18.3 Å². The summed E-state index contributed by atoms with van der Waals surface area (Å²) in [7, 11) is 0. The van der Waals surface area contributed by atoms with Crippen LogP contribution in [0, 0.1) is 11.6 Å². The number of hydrazone groups is 1. The normalized spacial score (nSPS) is 11.5. The number of thiophene rings is 1. The number of benzene rings is 3. The number of nitrogens with one attached hydrogen (secondary N) is 1. The zero-order chi connectivity index (χ0) is 23.5. The maximum atomic E-state index is 14.5. The van der Waals surface area contributed by atoms with Gasteiger partial charge in [0, 0.05) is 38.3 Å². The highest BCUT2D eigenvalue weighted by Crippen LogP contribution is 2.29. The first kappa shape index (κ1) is 22.5. The van der Waals surface area contributed by atoms with Crippen LogP contribution in [0.3, 0.4) is 0 Å². The van der Waals surface area contributed by atoms with E-state index in [0.717, 1.165) is 22.2 Å². The third kappa shape index (κ3) is 4.89. The molecule has 1 amide bonds. The van der Waals surface area contributed by atoms with Gasteiger partial charge >= 0.3 is 0 Å². The molecular weight excluding hydrogens is 470 g/mol. The fourth-order valence-corrected chi connectivity index (χ4v) is 4.33. The molecule has 0 atom stereocenters. The lowest BCUT2D eigenvalue weighted by Crippen LogP contribution is -2.15. The molecule has 1 heterocycles. The van der Waals surface area contributed by atoms with Crippen LogP contribution in [-0.4, -0.2) is 11.7 Å². The molecule has 168 valence electrons. The Hall–Kier alpha value is -3.69. The van der Waals surface area contributed by atoms with E-state index in [4.69, 9.17) is 27.9 Å². The lowest BCUT2D eigenvalue weighted by molar-refractivity contribution is 0.102. The van der Waals surface area contributed by atoms with Crippen LogP contribution in [0.15, 0.2) is 65.1 Å². The van der Waals surface area contributed by atoms with Gasteiger partial charge < -0.3 is 21.6 Å². The summed E-state index contributed by atoms with van der Waals surface area (Å²) in [5.41, 5.74) is 7.60. The number of nitrogens with two attached hydrogens (primary N) is 2. The summed E-state index contributed by atoms with van der Waals surface area (Å²) < 4.78 is 33.9. The molecule has 0 unspecified atom stereocenters. The number of amides is 1. The van der Waals surface area contributed by atoms with Gasteiger partial charge in [-0.25, -0.2) is 8.78 Å². The number of hydrogen-bond donors (Lipinski definition) is 3. The Bertz CT molecular complexity index is 1390. The van der Waals surface area contributed by atoms with E-state index >= 15 is 0 Å². The second-order valence-corrected chi connectivity index (χ2v) is 8.32. The molecule has 33 heavy (non-hydrogen) atoms. The first-order valence-corrected chi connectivity index (χ1v) is 10.8. The first-order valence-electron chi connectivity index (χ1n) is 9.58. The maximum absolute atomic E-state index is 14.5. The molecule has 4 rings (SSSR count). The molecule has 0 saturated heterocycles. The van der Waals surface area contributed by atoms with E-state index in [-0.39, 0.29) is 34.8 Å². The molecule has 0 aliphatic heterocycles. The molecule has 0 saturated carbocycles. The first-order chi connectivity index (χ1) is 15.9. The summed E-state index contributed by atoms with van der Waals surface area (Å²) in [4.78, 5) is 12.8. The number of fused-ring (bicyclic) bond motifs is 1. The highest BCUT2D eigenvalue weighted by Gasteiger charge is 2.15. The minimum absolute atomic E-state index is 0.0268. The van der Waals surface area contributed by atoms with Crippen molar-refractivity contribution in [3.63, 3.8) is 0 Å². The quantitative estimate of drug-likeness (QED) is 0.150. The molecule has 3 aromatic carbocycles. The van der Waals surface area contributed by atoms with Crippen molar-refractivity contribution in [1.29, 1.82) is 0 Å². The number of rotatable bonds is 6. The van der Waals surface area contributed by atoms with Gasteiger partial charge in [-0.1, -0.05) is 29.8 Å². The smallest absolute Gasteiger partial charge is 0.257 e. The topological polar surface area (TPSA) is 103 Å². The van der Waals surface area contributed by atoms with Crippen LogP contribution in [0.4, 0.5) is 14.5 Å². The molecule has 0 bridgehead atoms. The van der Waals surface area contributed by atoms with Crippen LogP contribution in [0.1, 0.15) is 21.5 Å². The highest BCUT2D eigenvalue weighted by atomic mass is 35.5. The van der Waals surface area contributed by atoms with Crippen molar-refractivity contribution in [3.8, 4) is 5.75 Å². The summed E-state index contributed by atoms with van der Waals surface area (Å²) in [5, 5.41) is 8.77. The van der Waals surface area contributed by atoms with Crippen molar-refractivity contribution in [2.75, 3.05) is 5.32 Å². The van der Waals surface area contributed by atoms with Gasteiger partial charge in [-0.3, -0.25) is 4.79 Å². The van der Waals surface area contributed by atoms with Gasteiger partial charge in [-0.15, -0.1) is 11.3 Å². The van der Waals surface area contributed by atoms with Crippen LogP contribution < -0.4 is 21.6 Å². The van der Waals surface area contributed by atoms with Crippen molar-refractivity contribution in [1.82, 2.24) is 0 Å². The number of anilines is 1. The van der Waals surface area contributed by atoms with Gasteiger partial charge in [0.05, 0.1) is 10.6 Å². The summed E-state index contributed by atoms with van der Waals surface area (Å²) in [6.45, 7) is -0.0377. The van der Waals surface area contributed by atoms with Crippen molar-refractivity contribution >= 4 is 50.5 Å². The molecule has 0 aliphatic carbocycles. The number of halogens is 3. The number of carbonyl (C=O) groups excluding carboxylic acids is 1. The molecule has 10 heteroatoms. The van der Waals surface area contributed by atoms with E-state index < -0.39 is 11.6 Å². The number of ether oxygens (including phenoxy) is 1. The molecule has 6 nitrogen and oxygen atoms in total. The second-order valence-electron chi connectivity index (χ2n) is 7.00. The Labute approximate surface area is 196 Å². The van der Waals surface area contributed by atoms with Crippen LogP contribution in [0.25, 0.3) is 10.1 Å². The Morgan fingerprint density at radius 1 is 1.12 bits per heavy atom. The molecule has 1 aromatic heterocycles. The monoisotopic (exact) mass is 486 g/mol. The van der Waals surface area contributed by atoms with Gasteiger partial charge in [0.15, 0.2) is 11.6 Å². The van der Waals surface area contributed by atoms with Crippen LogP contribution in [-0.2, 0) is 6.61 Å². The largest absolute Gasteiger partial charge is 0.486 e. The predicted molar refractivity (Wildman–Crippen MR) is 127 cm³/mol. The van der Waals surface area contributed by atoms with Crippen molar-refractivity contribution in [2.45, 2.75) is 6.61 Å². The lowest BCUT2D eigenvalue weighted by Gasteiger charge is -2.11. The SMILES string of the molecule is N/N=C(\N)c1ccc2c(C(=O)Nc3ccc(OCc4ccc(F)cc4Cl)c(F)c3)csc2c1. The zero-order valence-corrected chi connectivity index (χ0v) is 18.5. The molecule has 4 aromatic rings. The minimum Gasteiger partial charge on any atom is -0.486 e. The Balaban J connectivity index is 1.47. The maximum Gasteiger partial charge on any atom is 0.257 e. The Morgan fingerprint density at radius 2 is 1.94 bits per heavy atom. The standard InChI is InChI=1S/C23H17ClF2N4O2S/c24-18-8-14(25)3-1-13(18)10-32-20-6-4-15(9-19(20)26)29-23(31)17-11-33-21-7-12(22(27)30-28)2-5-16(17)21/h1-9,11H,10,28H2,(H2,27,30)(H,29,31). The average molecular weight is 487 g/mol. The molecule has 0 fully saturated rings. The molecule has 0 spiro atoms. The number of nitrogens with zero attached hydrogens (tertiary/aromatic N) is 1.